The van der Waals surface area contributed by atoms with Crippen molar-refractivity contribution in [1.82, 2.24) is 15.5 Å². The van der Waals surface area contributed by atoms with Gasteiger partial charge in [-0.3, -0.25) is 14.5 Å². The fraction of sp³-hybridized carbons (Fsp3) is 0.333. The molecule has 2 N–H and O–H groups in total. The summed E-state index contributed by atoms with van der Waals surface area (Å²) < 4.78 is 19.4. The Kier molecular flexibility index (Phi) is 7.41. The number of amides is 2. The number of benzene rings is 1. The van der Waals surface area contributed by atoms with Crippen LogP contribution in [0.2, 0.25) is 0 Å². The molecule has 1 aliphatic rings. The molecule has 0 radical (unpaired) electrons. The highest BCUT2D eigenvalue weighted by Crippen LogP contribution is 2.30. The van der Waals surface area contributed by atoms with Gasteiger partial charge in [-0.25, -0.2) is 4.39 Å². The number of para-hydroxylation sites is 1. The van der Waals surface area contributed by atoms with E-state index >= 15 is 0 Å². The number of hydrogen-bond acceptors (Lipinski definition) is 6. The van der Waals surface area contributed by atoms with Gasteiger partial charge in [0.05, 0.1) is 24.5 Å². The third-order valence-electron chi connectivity index (χ3n) is 5.78. The molecule has 33 heavy (non-hydrogen) atoms. The summed E-state index contributed by atoms with van der Waals surface area (Å²) in [5, 5.41) is 7.43. The Morgan fingerprint density at radius 3 is 2.52 bits per heavy atom. The number of nitrogens with zero attached hydrogens (tertiary/aromatic N) is 2. The van der Waals surface area contributed by atoms with E-state index in [0.29, 0.717) is 37.6 Å². The van der Waals surface area contributed by atoms with Crippen molar-refractivity contribution in [3.63, 3.8) is 0 Å². The highest BCUT2D eigenvalue weighted by Gasteiger charge is 2.32. The van der Waals surface area contributed by atoms with Crippen molar-refractivity contribution in [2.75, 3.05) is 31.1 Å². The quantitative estimate of drug-likeness (QED) is 0.519. The monoisotopic (exact) mass is 470 g/mol. The van der Waals surface area contributed by atoms with E-state index in [1.165, 1.54) is 12.3 Å². The van der Waals surface area contributed by atoms with Crippen molar-refractivity contribution >= 4 is 28.8 Å². The summed E-state index contributed by atoms with van der Waals surface area (Å²) >= 11 is 1.62. The van der Waals surface area contributed by atoms with Crippen LogP contribution in [-0.4, -0.2) is 48.9 Å². The molecule has 2 aromatic heterocycles. The van der Waals surface area contributed by atoms with Crippen LogP contribution < -0.4 is 15.5 Å². The molecule has 0 spiro atoms. The number of piperazine rings is 1. The van der Waals surface area contributed by atoms with Crippen LogP contribution in [0.4, 0.5) is 10.1 Å². The van der Waals surface area contributed by atoms with E-state index in [-0.39, 0.29) is 24.4 Å². The van der Waals surface area contributed by atoms with Crippen LogP contribution in [0.1, 0.15) is 23.6 Å². The molecule has 1 aliphatic heterocycles. The maximum Gasteiger partial charge on any atom is 0.309 e. The van der Waals surface area contributed by atoms with Crippen LogP contribution in [0.3, 0.4) is 0 Å². The minimum atomic E-state index is -0.701. The molecule has 7 nitrogen and oxygen atoms in total. The lowest BCUT2D eigenvalue weighted by atomic mass is 10.0. The summed E-state index contributed by atoms with van der Waals surface area (Å²) in [5.74, 6) is -1.02. The Morgan fingerprint density at radius 2 is 1.85 bits per heavy atom. The van der Waals surface area contributed by atoms with Gasteiger partial charge in [-0.05, 0) is 42.6 Å². The Labute approximate surface area is 196 Å². The van der Waals surface area contributed by atoms with E-state index in [9.17, 15) is 14.0 Å². The third kappa shape index (κ3) is 5.61. The van der Waals surface area contributed by atoms with Crippen molar-refractivity contribution < 1.29 is 18.4 Å². The average Bonchev–Trinajstić information content (AvgIpc) is 3.53. The second-order valence-corrected chi connectivity index (χ2v) is 8.94. The van der Waals surface area contributed by atoms with E-state index in [1.54, 1.807) is 35.6 Å². The molecular weight excluding hydrogens is 443 g/mol. The Morgan fingerprint density at radius 1 is 1.06 bits per heavy atom. The van der Waals surface area contributed by atoms with Crippen LogP contribution in [0, 0.1) is 5.82 Å². The molecule has 3 heterocycles. The lowest BCUT2D eigenvalue weighted by molar-refractivity contribution is -0.140. The third-order valence-corrected chi connectivity index (χ3v) is 6.72. The Balaban J connectivity index is 1.38. The predicted molar refractivity (Wildman–Crippen MR) is 125 cm³/mol. The normalized spacial score (nSPS) is 16.2. The fourth-order valence-corrected chi connectivity index (χ4v) is 5.13. The Hall–Kier alpha value is -3.17. The second kappa shape index (κ2) is 10.6. The van der Waals surface area contributed by atoms with Crippen molar-refractivity contribution in [2.24, 2.45) is 0 Å². The number of nitrogens with one attached hydrogen (secondary N) is 2. The van der Waals surface area contributed by atoms with Gasteiger partial charge in [0.15, 0.2) is 0 Å². The molecule has 3 aromatic rings. The molecule has 0 unspecified atom stereocenters. The van der Waals surface area contributed by atoms with Gasteiger partial charge in [0.2, 0.25) is 0 Å². The molecule has 0 bridgehead atoms. The van der Waals surface area contributed by atoms with Crippen LogP contribution in [0.15, 0.2) is 64.6 Å². The summed E-state index contributed by atoms with van der Waals surface area (Å²) in [4.78, 5) is 30.2. The minimum Gasteiger partial charge on any atom is -0.467 e. The van der Waals surface area contributed by atoms with Crippen molar-refractivity contribution in [3.8, 4) is 0 Å². The molecule has 2 amide bonds. The van der Waals surface area contributed by atoms with Gasteiger partial charge in [0.1, 0.15) is 11.6 Å². The first-order valence-corrected chi connectivity index (χ1v) is 11.8. The van der Waals surface area contributed by atoms with Gasteiger partial charge >= 0.3 is 11.8 Å². The number of anilines is 1. The van der Waals surface area contributed by atoms with Crippen molar-refractivity contribution in [2.45, 2.75) is 25.6 Å². The first-order valence-electron chi connectivity index (χ1n) is 10.9. The first kappa shape index (κ1) is 23.0. The number of carbonyl (C=O) groups is 2. The molecule has 174 valence electrons. The van der Waals surface area contributed by atoms with Gasteiger partial charge in [0.25, 0.3) is 0 Å². The SMILES string of the molecule is C[C@H](NC(=O)C(=O)NCc1ccco1)[C@H](c1cccs1)N1CCN(c2ccccc2F)CC1. The van der Waals surface area contributed by atoms with Crippen molar-refractivity contribution in [3.05, 3.63) is 76.6 Å². The number of rotatable bonds is 7. The maximum atomic E-state index is 14.2. The van der Waals surface area contributed by atoms with Gasteiger partial charge in [0, 0.05) is 37.1 Å². The van der Waals surface area contributed by atoms with E-state index in [0.717, 1.165) is 4.88 Å². The lowest BCUT2D eigenvalue weighted by Gasteiger charge is -2.42. The predicted octanol–water partition coefficient (Wildman–Crippen LogP) is 3.16. The van der Waals surface area contributed by atoms with Gasteiger partial charge < -0.3 is 20.0 Å². The first-order chi connectivity index (χ1) is 16.0. The van der Waals surface area contributed by atoms with E-state index in [1.807, 2.05) is 35.4 Å². The summed E-state index contributed by atoms with van der Waals surface area (Å²) in [6.45, 7) is 4.83. The number of thiophene rings is 1. The van der Waals surface area contributed by atoms with E-state index in [2.05, 4.69) is 15.5 Å². The lowest BCUT2D eigenvalue weighted by Crippen LogP contribution is -2.53. The molecular formula is C24H27FN4O3S. The number of halogens is 1. The number of hydrogen-bond donors (Lipinski definition) is 2. The number of carbonyl (C=O) groups excluding carboxylic acids is 2. The minimum absolute atomic E-state index is 0.0883. The van der Waals surface area contributed by atoms with Crippen LogP contribution in [-0.2, 0) is 16.1 Å². The van der Waals surface area contributed by atoms with Crippen LogP contribution >= 0.6 is 11.3 Å². The van der Waals surface area contributed by atoms with E-state index < -0.39 is 11.8 Å². The van der Waals surface area contributed by atoms with Gasteiger partial charge in [-0.15, -0.1) is 11.3 Å². The topological polar surface area (TPSA) is 77.8 Å². The van der Waals surface area contributed by atoms with Gasteiger partial charge in [-0.2, -0.15) is 0 Å². The smallest absolute Gasteiger partial charge is 0.309 e. The number of furan rings is 1. The molecule has 0 aliphatic carbocycles. The van der Waals surface area contributed by atoms with Gasteiger partial charge in [-0.1, -0.05) is 18.2 Å². The van der Waals surface area contributed by atoms with Crippen molar-refractivity contribution in [1.29, 1.82) is 0 Å². The zero-order chi connectivity index (χ0) is 23.2. The molecule has 1 aromatic carbocycles. The zero-order valence-electron chi connectivity index (χ0n) is 18.4. The Bertz CT molecular complexity index is 1050. The molecule has 1 saturated heterocycles. The fourth-order valence-electron chi connectivity index (χ4n) is 4.16. The highest BCUT2D eigenvalue weighted by molar-refractivity contribution is 7.10. The highest BCUT2D eigenvalue weighted by atomic mass is 32.1. The largest absolute Gasteiger partial charge is 0.467 e. The van der Waals surface area contributed by atoms with Crippen LogP contribution in [0.25, 0.3) is 0 Å². The molecule has 4 rings (SSSR count). The maximum absolute atomic E-state index is 14.2. The zero-order valence-corrected chi connectivity index (χ0v) is 19.2. The second-order valence-electron chi connectivity index (χ2n) is 7.96. The summed E-state index contributed by atoms with van der Waals surface area (Å²) in [5.41, 5.74) is 0.611. The van der Waals surface area contributed by atoms with Crippen LogP contribution in [0.5, 0.6) is 0 Å². The molecule has 1 fully saturated rings. The summed E-state index contributed by atoms with van der Waals surface area (Å²) in [6.07, 6.45) is 1.52. The van der Waals surface area contributed by atoms with E-state index in [4.69, 9.17) is 4.42 Å². The average molecular weight is 471 g/mol. The summed E-state index contributed by atoms with van der Waals surface area (Å²) in [7, 11) is 0. The molecule has 0 saturated carbocycles. The molecule has 2 atom stereocenters. The standard InChI is InChI=1S/C24H27FN4O3S/c1-17(27-24(31)23(30)26-16-18-6-4-14-32-18)22(21-9-5-15-33-21)29-12-10-28(11-13-29)20-8-3-2-7-19(20)25/h2-9,14-15,17,22H,10-13,16H2,1H3,(H,26,30)(H,27,31)/t17-,22+/m0/s1. The molecule has 9 heteroatoms. The summed E-state index contributed by atoms with van der Waals surface area (Å²) in [6, 6.07) is 13.9.